The molecule has 3 fully saturated rings. The lowest BCUT2D eigenvalue weighted by atomic mass is 9.84. The van der Waals surface area contributed by atoms with Crippen molar-refractivity contribution in [3.63, 3.8) is 0 Å². The number of thiazole rings is 1. The van der Waals surface area contributed by atoms with E-state index in [0.29, 0.717) is 16.8 Å². The molecule has 5 rings (SSSR count). The van der Waals surface area contributed by atoms with E-state index in [4.69, 9.17) is 0 Å². The van der Waals surface area contributed by atoms with Crippen LogP contribution in [0, 0.1) is 5.92 Å². The lowest BCUT2D eigenvalue weighted by Gasteiger charge is -2.44. The van der Waals surface area contributed by atoms with Crippen LogP contribution in [0.4, 0.5) is 0 Å². The molecule has 2 bridgehead atoms. The molecule has 1 amide bonds. The number of hydrogen-bond donors (Lipinski definition) is 1. The van der Waals surface area contributed by atoms with E-state index in [1.807, 2.05) is 30.3 Å². The molecule has 2 aromatic rings. The number of carbonyl (C=O) groups is 1. The molecule has 4 heterocycles. The van der Waals surface area contributed by atoms with Crippen molar-refractivity contribution in [1.29, 1.82) is 0 Å². The fraction of sp³-hybridized carbons (Fsp3) is 0.412. The van der Waals surface area contributed by atoms with Crippen molar-refractivity contribution < 1.29 is 4.79 Å². The van der Waals surface area contributed by atoms with Crippen LogP contribution in [-0.4, -0.2) is 41.5 Å². The maximum Gasteiger partial charge on any atom is 0.263 e. The quantitative estimate of drug-likeness (QED) is 0.947. The van der Waals surface area contributed by atoms with Crippen LogP contribution in [0.3, 0.4) is 0 Å². The van der Waals surface area contributed by atoms with Gasteiger partial charge in [0.1, 0.15) is 9.88 Å². The van der Waals surface area contributed by atoms with Crippen molar-refractivity contribution in [3.05, 3.63) is 41.4 Å². The summed E-state index contributed by atoms with van der Waals surface area (Å²) in [4.78, 5) is 20.0. The minimum Gasteiger partial charge on any atom is -0.347 e. The lowest BCUT2D eigenvalue weighted by Crippen LogP contribution is -2.57. The Hall–Kier alpha value is -1.72. The lowest BCUT2D eigenvalue weighted by molar-refractivity contribution is 0.0622. The molecule has 0 spiro atoms. The molecule has 3 aliphatic heterocycles. The Bertz CT molecular complexity index is 662. The van der Waals surface area contributed by atoms with E-state index in [1.54, 1.807) is 6.20 Å². The van der Waals surface area contributed by atoms with Crippen molar-refractivity contribution in [3.8, 4) is 10.6 Å². The summed E-state index contributed by atoms with van der Waals surface area (Å²) in [6, 6.07) is 10.3. The molecule has 0 saturated carbocycles. The third-order valence-corrected chi connectivity index (χ3v) is 5.77. The summed E-state index contributed by atoms with van der Waals surface area (Å²) in [5.74, 6) is 0.675. The van der Waals surface area contributed by atoms with Gasteiger partial charge in [-0.2, -0.15) is 0 Å². The van der Waals surface area contributed by atoms with Gasteiger partial charge >= 0.3 is 0 Å². The molecule has 0 unspecified atom stereocenters. The summed E-state index contributed by atoms with van der Waals surface area (Å²) in [5, 5.41) is 4.12. The second kappa shape index (κ2) is 5.82. The van der Waals surface area contributed by atoms with Crippen molar-refractivity contribution in [1.82, 2.24) is 15.2 Å². The van der Waals surface area contributed by atoms with Crippen LogP contribution in [0.15, 0.2) is 36.5 Å². The highest BCUT2D eigenvalue weighted by molar-refractivity contribution is 7.16. The first kappa shape index (κ1) is 13.9. The normalized spacial score (nSPS) is 26.8. The van der Waals surface area contributed by atoms with Crippen LogP contribution in [0.25, 0.3) is 10.6 Å². The van der Waals surface area contributed by atoms with Crippen LogP contribution in [-0.2, 0) is 0 Å². The summed E-state index contributed by atoms with van der Waals surface area (Å²) >= 11 is 1.47. The smallest absolute Gasteiger partial charge is 0.263 e. The van der Waals surface area contributed by atoms with Crippen LogP contribution in [0.5, 0.6) is 0 Å². The van der Waals surface area contributed by atoms with Crippen LogP contribution < -0.4 is 5.32 Å². The molecule has 4 nitrogen and oxygen atoms in total. The highest BCUT2D eigenvalue weighted by atomic mass is 32.1. The van der Waals surface area contributed by atoms with E-state index in [1.165, 1.54) is 37.3 Å². The van der Waals surface area contributed by atoms with Gasteiger partial charge in [-0.05, 0) is 31.8 Å². The predicted molar refractivity (Wildman–Crippen MR) is 88.0 cm³/mol. The first-order valence-corrected chi connectivity index (χ1v) is 8.66. The SMILES string of the molecule is O=C(N[C@H]1CN2CCC1CC2)c1cnc(-c2ccccc2)s1. The molecule has 3 aliphatic rings. The average molecular weight is 313 g/mol. The average Bonchev–Trinajstić information content (AvgIpc) is 3.07. The zero-order chi connectivity index (χ0) is 14.9. The zero-order valence-electron chi connectivity index (χ0n) is 12.4. The number of hydrogen-bond acceptors (Lipinski definition) is 4. The number of nitrogens with zero attached hydrogens (tertiary/aromatic N) is 2. The largest absolute Gasteiger partial charge is 0.347 e. The van der Waals surface area contributed by atoms with Gasteiger partial charge in [-0.25, -0.2) is 4.98 Å². The van der Waals surface area contributed by atoms with E-state index >= 15 is 0 Å². The van der Waals surface area contributed by atoms with E-state index in [0.717, 1.165) is 17.1 Å². The van der Waals surface area contributed by atoms with Gasteiger partial charge in [-0.1, -0.05) is 30.3 Å². The van der Waals surface area contributed by atoms with Crippen molar-refractivity contribution in [2.75, 3.05) is 19.6 Å². The van der Waals surface area contributed by atoms with Gasteiger partial charge in [0.2, 0.25) is 0 Å². The van der Waals surface area contributed by atoms with Gasteiger partial charge in [-0.3, -0.25) is 4.79 Å². The number of rotatable bonds is 3. The van der Waals surface area contributed by atoms with Gasteiger partial charge in [0.05, 0.1) is 6.20 Å². The number of benzene rings is 1. The first-order valence-electron chi connectivity index (χ1n) is 7.84. The Morgan fingerprint density at radius 1 is 1.23 bits per heavy atom. The summed E-state index contributed by atoms with van der Waals surface area (Å²) in [5.41, 5.74) is 1.06. The van der Waals surface area contributed by atoms with E-state index < -0.39 is 0 Å². The number of amides is 1. The van der Waals surface area contributed by atoms with Gasteiger partial charge in [-0.15, -0.1) is 11.3 Å². The van der Waals surface area contributed by atoms with E-state index in [2.05, 4.69) is 15.2 Å². The van der Waals surface area contributed by atoms with E-state index in [9.17, 15) is 4.79 Å². The third kappa shape index (κ3) is 2.66. The zero-order valence-corrected chi connectivity index (χ0v) is 13.2. The Labute approximate surface area is 134 Å². The predicted octanol–water partition coefficient (Wildman–Crippen LogP) is 2.63. The second-order valence-electron chi connectivity index (χ2n) is 6.11. The second-order valence-corrected chi connectivity index (χ2v) is 7.14. The van der Waals surface area contributed by atoms with Gasteiger partial charge in [0.15, 0.2) is 0 Å². The fourth-order valence-corrected chi connectivity index (χ4v) is 4.29. The van der Waals surface area contributed by atoms with Crippen molar-refractivity contribution >= 4 is 17.2 Å². The standard InChI is InChI=1S/C17H19N3OS/c21-16(19-14-11-20-8-6-12(14)7-9-20)15-10-18-17(22-15)13-4-2-1-3-5-13/h1-5,10,12,14H,6-9,11H2,(H,19,21)/t14-/m0/s1. The van der Waals surface area contributed by atoms with Crippen LogP contribution in [0.1, 0.15) is 22.5 Å². The molecule has 1 aromatic carbocycles. The van der Waals surface area contributed by atoms with Crippen LogP contribution in [0.2, 0.25) is 0 Å². The molecule has 5 heteroatoms. The summed E-state index contributed by atoms with van der Waals surface area (Å²) in [6.45, 7) is 3.38. The number of carbonyl (C=O) groups excluding carboxylic acids is 1. The fourth-order valence-electron chi connectivity index (χ4n) is 3.46. The summed E-state index contributed by atoms with van der Waals surface area (Å²) in [7, 11) is 0. The number of nitrogens with one attached hydrogen (secondary N) is 1. The summed E-state index contributed by atoms with van der Waals surface area (Å²) < 4.78 is 0. The molecule has 0 radical (unpaired) electrons. The molecular formula is C17H19N3OS. The topological polar surface area (TPSA) is 45.2 Å². The molecule has 114 valence electrons. The maximum atomic E-state index is 12.5. The third-order valence-electron chi connectivity index (χ3n) is 4.72. The van der Waals surface area contributed by atoms with E-state index in [-0.39, 0.29) is 5.91 Å². The maximum absolute atomic E-state index is 12.5. The molecule has 1 aromatic heterocycles. The van der Waals surface area contributed by atoms with Crippen molar-refractivity contribution in [2.24, 2.45) is 5.92 Å². The number of fused-ring (bicyclic) bond motifs is 3. The molecule has 22 heavy (non-hydrogen) atoms. The summed E-state index contributed by atoms with van der Waals surface area (Å²) in [6.07, 6.45) is 4.12. The molecule has 0 aliphatic carbocycles. The highest BCUT2D eigenvalue weighted by Crippen LogP contribution is 2.29. The molecule has 3 saturated heterocycles. The molecule has 1 atom stereocenters. The Kier molecular flexibility index (Phi) is 3.68. The Morgan fingerprint density at radius 3 is 2.68 bits per heavy atom. The highest BCUT2D eigenvalue weighted by Gasteiger charge is 2.35. The monoisotopic (exact) mass is 313 g/mol. The van der Waals surface area contributed by atoms with Crippen LogP contribution >= 0.6 is 11.3 Å². The minimum atomic E-state index is 0.0263. The Morgan fingerprint density at radius 2 is 2.00 bits per heavy atom. The molecule has 1 N–H and O–H groups in total. The number of piperidine rings is 3. The first-order chi connectivity index (χ1) is 10.8. The number of aromatic nitrogens is 1. The van der Waals surface area contributed by atoms with Gasteiger partial charge in [0.25, 0.3) is 5.91 Å². The molecular weight excluding hydrogens is 294 g/mol. The van der Waals surface area contributed by atoms with Gasteiger partial charge in [0, 0.05) is 18.2 Å². The van der Waals surface area contributed by atoms with Gasteiger partial charge < -0.3 is 10.2 Å². The van der Waals surface area contributed by atoms with Crippen molar-refractivity contribution in [2.45, 2.75) is 18.9 Å². The Balaban J connectivity index is 1.46. The minimum absolute atomic E-state index is 0.0263.